The molecule has 0 fully saturated rings. The molecule has 0 N–H and O–H groups in total. The molecule has 3 heteroatoms. The summed E-state index contributed by atoms with van der Waals surface area (Å²) in [6, 6.07) is 0. The van der Waals surface area contributed by atoms with Crippen molar-refractivity contribution in [2.45, 2.75) is 13.3 Å². The standard InChI is InChI=1S/C4H5O2.Mo/c1-4(6)2-3-5;/h2H2,1H3;. The number of rotatable bonds is 2. The van der Waals surface area contributed by atoms with Gasteiger partial charge in [0.25, 0.3) is 0 Å². The topological polar surface area (TPSA) is 34.1 Å². The Balaban J connectivity index is 3.32. The van der Waals surface area contributed by atoms with E-state index in [-0.39, 0.29) is 16.4 Å². The minimum absolute atomic E-state index is 0.0525. The molecule has 2 nitrogen and oxygen atoms in total. The molecule has 0 saturated heterocycles. The summed E-state index contributed by atoms with van der Waals surface area (Å²) in [6.07, 6.45) is 0.0878. The second kappa shape index (κ2) is 3.09. The van der Waals surface area contributed by atoms with Crippen molar-refractivity contribution in [3.05, 3.63) is 0 Å². The molecule has 0 aromatic heterocycles. The molecule has 0 heterocycles. The SMILES string of the molecule is CC(=O)C[C](=O)[Mo]. The van der Waals surface area contributed by atoms with Gasteiger partial charge in [-0.05, 0) is 0 Å². The van der Waals surface area contributed by atoms with Crippen LogP contribution in [0.25, 0.3) is 0 Å². The summed E-state index contributed by atoms with van der Waals surface area (Å²) in [5.74, 6) is -0.0600. The fourth-order valence-electron chi connectivity index (χ4n) is 0.203. The summed E-state index contributed by atoms with van der Waals surface area (Å²) in [5.41, 5.74) is 0. The van der Waals surface area contributed by atoms with Gasteiger partial charge in [-0.25, -0.2) is 0 Å². The van der Waals surface area contributed by atoms with Crippen molar-refractivity contribution in [3.63, 3.8) is 0 Å². The zero-order valence-corrected chi connectivity index (χ0v) is 5.94. The molecule has 7 heavy (non-hydrogen) atoms. The van der Waals surface area contributed by atoms with Crippen LogP contribution in [-0.4, -0.2) is 9.96 Å². The molecular formula is C4H5MoO2. The van der Waals surface area contributed by atoms with Crippen molar-refractivity contribution >= 4 is 9.96 Å². The Morgan fingerprint density at radius 2 is 2.00 bits per heavy atom. The van der Waals surface area contributed by atoms with Crippen molar-refractivity contribution in [1.82, 2.24) is 0 Å². The fraction of sp³-hybridized carbons (Fsp3) is 0.500. The molecule has 0 saturated carbocycles. The van der Waals surface area contributed by atoms with Gasteiger partial charge >= 0.3 is 52.7 Å². The summed E-state index contributed by atoms with van der Waals surface area (Å²) in [5, 5.41) is 0. The first-order valence-electron chi connectivity index (χ1n) is 1.82. The number of hydrogen-bond acceptors (Lipinski definition) is 2. The van der Waals surface area contributed by atoms with Crippen LogP contribution in [0.3, 0.4) is 0 Å². The molecule has 0 aromatic rings. The first-order valence-corrected chi connectivity index (χ1v) is 2.82. The summed E-state index contributed by atoms with van der Waals surface area (Å²) < 4.78 is -0.0525. The summed E-state index contributed by atoms with van der Waals surface area (Å²) >= 11 is 1.34. The van der Waals surface area contributed by atoms with Crippen LogP contribution in [0.2, 0.25) is 0 Å². The minimum atomic E-state index is -0.0600. The van der Waals surface area contributed by atoms with Crippen LogP contribution in [0.5, 0.6) is 0 Å². The summed E-state index contributed by atoms with van der Waals surface area (Å²) in [7, 11) is 0. The number of carbonyl (C=O) groups is 2. The summed E-state index contributed by atoms with van der Waals surface area (Å²) in [6.45, 7) is 1.41. The molecule has 0 radical (unpaired) electrons. The molecule has 0 atom stereocenters. The van der Waals surface area contributed by atoms with E-state index in [2.05, 4.69) is 0 Å². The van der Waals surface area contributed by atoms with Crippen molar-refractivity contribution < 1.29 is 29.4 Å². The Kier molecular flexibility index (Phi) is 3.10. The van der Waals surface area contributed by atoms with Gasteiger partial charge in [0.05, 0.1) is 0 Å². The first kappa shape index (κ1) is 7.03. The van der Waals surface area contributed by atoms with Crippen molar-refractivity contribution in [2.75, 3.05) is 0 Å². The predicted molar refractivity (Wildman–Crippen MR) is 20.3 cm³/mol. The molecule has 0 aromatic carbocycles. The number of hydrogen-bond donors (Lipinski definition) is 0. The Morgan fingerprint density at radius 1 is 1.57 bits per heavy atom. The number of ketones is 1. The normalized spacial score (nSPS) is 8.14. The van der Waals surface area contributed by atoms with Crippen LogP contribution in [-0.2, 0) is 29.4 Å². The van der Waals surface area contributed by atoms with E-state index in [1.54, 1.807) is 0 Å². The third-order valence-electron chi connectivity index (χ3n) is 0.393. The van der Waals surface area contributed by atoms with E-state index in [4.69, 9.17) is 0 Å². The predicted octanol–water partition coefficient (Wildman–Crippen LogP) is 0.0389. The van der Waals surface area contributed by atoms with E-state index >= 15 is 0 Å². The third-order valence-corrected chi connectivity index (χ3v) is 0.748. The van der Waals surface area contributed by atoms with Crippen molar-refractivity contribution in [1.29, 1.82) is 0 Å². The molecule has 0 aliphatic rings. The van der Waals surface area contributed by atoms with Crippen molar-refractivity contribution in [2.24, 2.45) is 0 Å². The molecule has 0 spiro atoms. The van der Waals surface area contributed by atoms with Gasteiger partial charge in [-0.1, -0.05) is 0 Å². The Labute approximate surface area is 53.2 Å². The van der Waals surface area contributed by atoms with Crippen LogP contribution in [0, 0.1) is 0 Å². The molecule has 0 unspecified atom stereocenters. The molecular weight excluding hydrogens is 176 g/mol. The van der Waals surface area contributed by atoms with Gasteiger partial charge in [-0.2, -0.15) is 0 Å². The van der Waals surface area contributed by atoms with Crippen LogP contribution < -0.4 is 0 Å². The van der Waals surface area contributed by atoms with E-state index in [9.17, 15) is 9.59 Å². The summed E-state index contributed by atoms with van der Waals surface area (Å²) in [4.78, 5) is 20.1. The van der Waals surface area contributed by atoms with E-state index < -0.39 is 0 Å². The number of Topliss-reactive ketones (excluding diaryl/α,β-unsaturated/α-hetero) is 1. The van der Waals surface area contributed by atoms with Gasteiger partial charge in [0.1, 0.15) is 0 Å². The molecule has 0 bridgehead atoms. The van der Waals surface area contributed by atoms with Crippen LogP contribution in [0.4, 0.5) is 0 Å². The monoisotopic (exact) mass is 183 g/mol. The van der Waals surface area contributed by atoms with Gasteiger partial charge in [0.2, 0.25) is 0 Å². The van der Waals surface area contributed by atoms with Gasteiger partial charge in [0, 0.05) is 0 Å². The average Bonchev–Trinajstić information content (AvgIpc) is 1.27. The Bertz CT molecular complexity index is 85.9. The van der Waals surface area contributed by atoms with Gasteiger partial charge in [-0.3, -0.25) is 0 Å². The first-order chi connectivity index (χ1) is 3.13. The third kappa shape index (κ3) is 6.03. The second-order valence-electron chi connectivity index (χ2n) is 1.25. The van der Waals surface area contributed by atoms with Crippen LogP contribution in [0.15, 0.2) is 0 Å². The van der Waals surface area contributed by atoms with E-state index in [0.717, 1.165) is 0 Å². The quantitative estimate of drug-likeness (QED) is 0.445. The molecule has 0 aliphatic carbocycles. The van der Waals surface area contributed by atoms with E-state index in [1.165, 1.54) is 26.7 Å². The van der Waals surface area contributed by atoms with Crippen LogP contribution in [0.1, 0.15) is 13.3 Å². The molecule has 0 amide bonds. The average molecular weight is 181 g/mol. The molecule has 0 aliphatic heterocycles. The zero-order chi connectivity index (χ0) is 5.86. The number of carbonyl (C=O) groups excluding carboxylic acids is 2. The van der Waals surface area contributed by atoms with Gasteiger partial charge < -0.3 is 0 Å². The van der Waals surface area contributed by atoms with E-state index in [0.29, 0.717) is 0 Å². The maximum atomic E-state index is 10.0. The Morgan fingerprint density at radius 3 is 2.00 bits per heavy atom. The second-order valence-corrected chi connectivity index (χ2v) is 2.37. The fourth-order valence-corrected chi connectivity index (χ4v) is 0.703. The van der Waals surface area contributed by atoms with Gasteiger partial charge in [-0.15, -0.1) is 0 Å². The maximum absolute atomic E-state index is 10.0. The Hall–Kier alpha value is 0.0283. The van der Waals surface area contributed by atoms with Gasteiger partial charge in [0.15, 0.2) is 0 Å². The van der Waals surface area contributed by atoms with Crippen molar-refractivity contribution in [3.8, 4) is 0 Å². The van der Waals surface area contributed by atoms with E-state index in [1.807, 2.05) is 0 Å². The molecule has 39 valence electrons. The molecule has 0 rings (SSSR count). The van der Waals surface area contributed by atoms with Crippen LogP contribution >= 0.6 is 0 Å². The zero-order valence-electron chi connectivity index (χ0n) is 3.93.